The molecular weight excluding hydrogens is 439 g/mol. The van der Waals surface area contributed by atoms with E-state index in [1.165, 1.54) is 11.1 Å². The van der Waals surface area contributed by atoms with Crippen LogP contribution in [0.4, 0.5) is 26.4 Å². The van der Waals surface area contributed by atoms with Gasteiger partial charge in [0.2, 0.25) is 5.88 Å². The molecule has 2 atom stereocenters. The van der Waals surface area contributed by atoms with Crippen molar-refractivity contribution in [2.24, 2.45) is 5.92 Å². The van der Waals surface area contributed by atoms with Gasteiger partial charge in [0.1, 0.15) is 18.1 Å². The number of likely N-dealkylation sites (tertiary alicyclic amines) is 1. The van der Waals surface area contributed by atoms with E-state index in [-0.39, 0.29) is 23.2 Å². The average molecular weight is 467 g/mol. The minimum absolute atomic E-state index is 0.0382. The van der Waals surface area contributed by atoms with Crippen molar-refractivity contribution >= 4 is 34.1 Å². The van der Waals surface area contributed by atoms with E-state index in [0.29, 0.717) is 47.7 Å². The van der Waals surface area contributed by atoms with Gasteiger partial charge in [-0.25, -0.2) is 19.2 Å². The van der Waals surface area contributed by atoms with E-state index < -0.39 is 11.9 Å². The summed E-state index contributed by atoms with van der Waals surface area (Å²) < 4.78 is 21.0. The number of aromatic nitrogens is 2. The normalized spacial score (nSPS) is 20.0. The molecule has 0 bridgehead atoms. The zero-order valence-electron chi connectivity index (χ0n) is 19.3. The third kappa shape index (κ3) is 3.54. The number of nitrogens with one attached hydrogen (secondary N) is 1. The van der Waals surface area contributed by atoms with Gasteiger partial charge in [0, 0.05) is 48.5 Å². The summed E-state index contributed by atoms with van der Waals surface area (Å²) in [6.07, 6.45) is 1.95. The van der Waals surface area contributed by atoms with E-state index in [0.717, 1.165) is 17.8 Å². The first kappa shape index (κ1) is 22.1. The Bertz CT molecular complexity index is 1300. The first-order valence-electron chi connectivity index (χ1n) is 11.2. The summed E-state index contributed by atoms with van der Waals surface area (Å²) in [6, 6.07) is 3.11. The van der Waals surface area contributed by atoms with Crippen LogP contribution in [0.15, 0.2) is 24.5 Å². The summed E-state index contributed by atoms with van der Waals surface area (Å²) in [5, 5.41) is 14.3. The summed E-state index contributed by atoms with van der Waals surface area (Å²) >= 11 is 0. The third-order valence-corrected chi connectivity index (χ3v) is 6.76. The van der Waals surface area contributed by atoms with Crippen LogP contribution < -0.4 is 20.7 Å². The van der Waals surface area contributed by atoms with Crippen LogP contribution in [-0.4, -0.2) is 65.4 Å². The van der Waals surface area contributed by atoms with Crippen LogP contribution in [0.1, 0.15) is 12.5 Å². The molecule has 178 valence electrons. The summed E-state index contributed by atoms with van der Waals surface area (Å²) in [6.45, 7) is 6.46. The first-order chi connectivity index (χ1) is 16.3. The van der Waals surface area contributed by atoms with Crippen molar-refractivity contribution < 1.29 is 19.0 Å². The molecule has 0 aliphatic carbocycles. The number of anilines is 3. The maximum absolute atomic E-state index is 15.4. The second-order valence-electron chi connectivity index (χ2n) is 9.09. The van der Waals surface area contributed by atoms with E-state index in [9.17, 15) is 9.90 Å². The summed E-state index contributed by atoms with van der Waals surface area (Å²) in [5.41, 5.74) is 8.55. The highest BCUT2D eigenvalue weighted by Gasteiger charge is 2.36. The van der Waals surface area contributed by atoms with Crippen molar-refractivity contribution in [3.05, 3.63) is 35.9 Å². The number of hydrogen-bond donors (Lipinski definition) is 3. The van der Waals surface area contributed by atoms with Crippen LogP contribution in [0, 0.1) is 18.7 Å². The minimum Gasteiger partial charge on any atom is -0.474 e. The Balaban J connectivity index is 1.64. The number of hydrogen-bond acceptors (Lipinski definition) is 7. The largest absolute Gasteiger partial charge is 0.474 e. The maximum atomic E-state index is 15.4. The fourth-order valence-corrected chi connectivity index (χ4v) is 5.04. The Labute approximate surface area is 196 Å². The molecule has 1 saturated heterocycles. The van der Waals surface area contributed by atoms with E-state index in [2.05, 4.69) is 20.2 Å². The van der Waals surface area contributed by atoms with E-state index in [1.807, 2.05) is 20.9 Å². The lowest BCUT2D eigenvalue weighted by molar-refractivity contribution is 0.197. The Kier molecular flexibility index (Phi) is 5.40. The van der Waals surface area contributed by atoms with Gasteiger partial charge in [-0.1, -0.05) is 6.92 Å². The number of benzene rings is 1. The Morgan fingerprint density at radius 3 is 2.79 bits per heavy atom. The number of rotatable bonds is 3. The number of nitrogens with two attached hydrogens (primary N) is 1. The highest BCUT2D eigenvalue weighted by molar-refractivity contribution is 5.99. The highest BCUT2D eigenvalue weighted by atomic mass is 19.1. The first-order valence-corrected chi connectivity index (χ1v) is 11.2. The molecule has 4 N–H and O–H groups in total. The average Bonchev–Trinajstić information content (AvgIpc) is 3.14. The van der Waals surface area contributed by atoms with Gasteiger partial charge in [0.25, 0.3) is 0 Å². The van der Waals surface area contributed by atoms with Crippen molar-refractivity contribution in [1.82, 2.24) is 14.9 Å². The predicted octanol–water partition coefficient (Wildman–Crippen LogP) is 3.57. The molecule has 2 aliphatic heterocycles. The SMILES string of the molecule is Cc1c(-c2cc3cc(N(C(=O)O)C4CN(C)CC4C)ncc3c(N)c2F)cnc2c1NCCO2. The number of pyridine rings is 2. The maximum Gasteiger partial charge on any atom is 0.413 e. The summed E-state index contributed by atoms with van der Waals surface area (Å²) in [5.74, 6) is 0.358. The number of nitrogens with zero attached hydrogens (tertiary/aromatic N) is 4. The van der Waals surface area contributed by atoms with E-state index in [1.54, 1.807) is 18.3 Å². The molecule has 10 heteroatoms. The number of ether oxygens (including phenoxy) is 1. The number of likely N-dealkylation sites (N-methyl/N-ethyl adjacent to an activating group) is 1. The van der Waals surface area contributed by atoms with Gasteiger partial charge < -0.3 is 25.8 Å². The van der Waals surface area contributed by atoms with Gasteiger partial charge in [0.15, 0.2) is 5.82 Å². The fraction of sp³-hybridized carbons (Fsp3) is 0.375. The minimum atomic E-state index is -1.07. The van der Waals surface area contributed by atoms with E-state index in [4.69, 9.17) is 10.5 Å². The molecule has 0 radical (unpaired) electrons. The Morgan fingerprint density at radius 1 is 1.29 bits per heavy atom. The van der Waals surface area contributed by atoms with Gasteiger partial charge in [-0.2, -0.15) is 0 Å². The molecule has 1 fully saturated rings. The molecule has 5 rings (SSSR count). The monoisotopic (exact) mass is 466 g/mol. The van der Waals surface area contributed by atoms with Gasteiger partial charge in [0.05, 0.1) is 11.7 Å². The van der Waals surface area contributed by atoms with Crippen molar-refractivity contribution in [1.29, 1.82) is 0 Å². The number of carbonyl (C=O) groups is 1. The lowest BCUT2D eigenvalue weighted by Gasteiger charge is -2.28. The topological polar surface area (TPSA) is 117 Å². The number of fused-ring (bicyclic) bond motifs is 2. The van der Waals surface area contributed by atoms with Crippen molar-refractivity contribution in [3.63, 3.8) is 0 Å². The van der Waals surface area contributed by atoms with Crippen molar-refractivity contribution in [2.45, 2.75) is 19.9 Å². The second kappa shape index (κ2) is 8.28. The smallest absolute Gasteiger partial charge is 0.413 e. The van der Waals surface area contributed by atoms with Gasteiger partial charge in [-0.3, -0.25) is 4.90 Å². The molecule has 3 aromatic rings. The molecule has 2 aromatic heterocycles. The number of amides is 1. The number of nitrogen functional groups attached to an aromatic ring is 1. The van der Waals surface area contributed by atoms with Gasteiger partial charge in [-0.15, -0.1) is 0 Å². The predicted molar refractivity (Wildman–Crippen MR) is 129 cm³/mol. The van der Waals surface area contributed by atoms with Crippen LogP contribution in [0.2, 0.25) is 0 Å². The molecule has 1 amide bonds. The molecular formula is C24H27FN6O3. The van der Waals surface area contributed by atoms with Crippen LogP contribution in [0.25, 0.3) is 21.9 Å². The van der Waals surface area contributed by atoms with Crippen LogP contribution >= 0.6 is 0 Å². The fourth-order valence-electron chi connectivity index (χ4n) is 5.04. The van der Waals surface area contributed by atoms with E-state index >= 15 is 4.39 Å². The quantitative estimate of drug-likeness (QED) is 0.502. The lowest BCUT2D eigenvalue weighted by atomic mass is 9.97. The number of carboxylic acid groups (broad SMARTS) is 1. The standard InChI is InChI=1S/C24H27FN6O3/c1-12-10-30(3)11-18(12)31(24(32)33)19-7-14-6-15(20(25)21(26)17(14)9-28-19)16-8-29-23-22(13(16)2)27-4-5-34-23/h6-9,12,18,27H,4-5,10-11,26H2,1-3H3,(H,32,33). The molecule has 4 heterocycles. The Morgan fingerprint density at radius 2 is 2.09 bits per heavy atom. The highest BCUT2D eigenvalue weighted by Crippen LogP contribution is 2.40. The Hall–Kier alpha value is -3.66. The van der Waals surface area contributed by atoms with Gasteiger partial charge >= 0.3 is 6.09 Å². The number of halogens is 1. The van der Waals surface area contributed by atoms with Crippen molar-refractivity contribution in [2.75, 3.05) is 49.2 Å². The molecule has 1 aromatic carbocycles. The lowest BCUT2D eigenvalue weighted by Crippen LogP contribution is -2.44. The zero-order chi connectivity index (χ0) is 24.1. The third-order valence-electron chi connectivity index (χ3n) is 6.76. The molecule has 9 nitrogen and oxygen atoms in total. The second-order valence-corrected chi connectivity index (χ2v) is 9.09. The van der Waals surface area contributed by atoms with Crippen LogP contribution in [0.3, 0.4) is 0 Å². The molecule has 2 aliphatic rings. The molecule has 0 saturated carbocycles. The van der Waals surface area contributed by atoms with Gasteiger partial charge in [-0.05, 0) is 43.0 Å². The zero-order valence-corrected chi connectivity index (χ0v) is 19.3. The molecule has 0 spiro atoms. The molecule has 34 heavy (non-hydrogen) atoms. The van der Waals surface area contributed by atoms with Crippen molar-refractivity contribution in [3.8, 4) is 17.0 Å². The summed E-state index contributed by atoms with van der Waals surface area (Å²) in [4.78, 5) is 24.3. The van der Waals surface area contributed by atoms with Crippen LogP contribution in [-0.2, 0) is 0 Å². The van der Waals surface area contributed by atoms with Crippen LogP contribution in [0.5, 0.6) is 5.88 Å². The summed E-state index contributed by atoms with van der Waals surface area (Å²) in [7, 11) is 1.97. The molecule has 2 unspecified atom stereocenters.